The Morgan fingerprint density at radius 2 is 1.87 bits per heavy atom. The molecule has 0 aliphatic carbocycles. The molecule has 0 heterocycles. The largest absolute Gasteiger partial charge is 0.338 e. The van der Waals surface area contributed by atoms with E-state index >= 15 is 0 Å². The average Bonchev–Trinajstić information content (AvgIpc) is 2.46. The standard InChI is InChI=1S/C17H24ClN3O2/c1-5-21(10-13(2)3)17(23)12-20(4)11-16(22)19-15-9-7-6-8-14(15)18/h6-9H,2,5,10-12H2,1,3-4H3,(H,19,22). The van der Waals surface area contributed by atoms with Crippen molar-refractivity contribution in [3.8, 4) is 0 Å². The summed E-state index contributed by atoms with van der Waals surface area (Å²) in [4.78, 5) is 27.6. The summed E-state index contributed by atoms with van der Waals surface area (Å²) in [6.45, 7) is 9.07. The second-order valence-electron chi connectivity index (χ2n) is 5.57. The van der Waals surface area contributed by atoms with Crippen LogP contribution in [0.25, 0.3) is 0 Å². The Balaban J connectivity index is 2.50. The van der Waals surface area contributed by atoms with Crippen LogP contribution >= 0.6 is 11.6 Å². The molecular formula is C17H24ClN3O2. The predicted octanol–water partition coefficient (Wildman–Crippen LogP) is 2.63. The van der Waals surface area contributed by atoms with E-state index in [1.165, 1.54) is 0 Å². The van der Waals surface area contributed by atoms with Crippen molar-refractivity contribution in [3.63, 3.8) is 0 Å². The van der Waals surface area contributed by atoms with E-state index in [9.17, 15) is 9.59 Å². The van der Waals surface area contributed by atoms with E-state index in [0.717, 1.165) is 5.57 Å². The van der Waals surface area contributed by atoms with Crippen LogP contribution in [-0.4, -0.2) is 54.8 Å². The first-order valence-corrected chi connectivity index (χ1v) is 7.86. The third-order valence-electron chi connectivity index (χ3n) is 3.16. The van der Waals surface area contributed by atoms with Gasteiger partial charge in [0.2, 0.25) is 11.8 Å². The SMILES string of the molecule is C=C(C)CN(CC)C(=O)CN(C)CC(=O)Nc1ccccc1Cl. The first-order chi connectivity index (χ1) is 10.8. The van der Waals surface area contributed by atoms with Gasteiger partial charge in [0.15, 0.2) is 0 Å². The molecule has 0 fully saturated rings. The van der Waals surface area contributed by atoms with Gasteiger partial charge in [-0.25, -0.2) is 0 Å². The van der Waals surface area contributed by atoms with Crippen molar-refractivity contribution in [2.75, 3.05) is 38.5 Å². The summed E-state index contributed by atoms with van der Waals surface area (Å²) in [7, 11) is 1.73. The average molecular weight is 338 g/mol. The van der Waals surface area contributed by atoms with Gasteiger partial charge in [-0.3, -0.25) is 14.5 Å². The Morgan fingerprint density at radius 3 is 2.43 bits per heavy atom. The van der Waals surface area contributed by atoms with E-state index in [4.69, 9.17) is 11.6 Å². The second kappa shape index (κ2) is 9.33. The first kappa shape index (κ1) is 19.2. The van der Waals surface area contributed by atoms with E-state index < -0.39 is 0 Å². The van der Waals surface area contributed by atoms with Gasteiger partial charge in [-0.05, 0) is 33.0 Å². The molecule has 0 aliphatic heterocycles. The number of para-hydroxylation sites is 1. The van der Waals surface area contributed by atoms with Gasteiger partial charge in [-0.1, -0.05) is 35.9 Å². The van der Waals surface area contributed by atoms with Gasteiger partial charge in [-0.15, -0.1) is 0 Å². The monoisotopic (exact) mass is 337 g/mol. The maximum atomic E-state index is 12.2. The number of hydrogen-bond donors (Lipinski definition) is 1. The molecule has 0 radical (unpaired) electrons. The van der Waals surface area contributed by atoms with Crippen molar-refractivity contribution in [2.24, 2.45) is 0 Å². The minimum atomic E-state index is -0.212. The maximum absolute atomic E-state index is 12.2. The highest BCUT2D eigenvalue weighted by Gasteiger charge is 2.16. The smallest absolute Gasteiger partial charge is 0.238 e. The third-order valence-corrected chi connectivity index (χ3v) is 3.49. The fourth-order valence-corrected chi connectivity index (χ4v) is 2.27. The van der Waals surface area contributed by atoms with Crippen LogP contribution in [0.3, 0.4) is 0 Å². The fourth-order valence-electron chi connectivity index (χ4n) is 2.09. The molecule has 2 amide bonds. The number of amides is 2. The highest BCUT2D eigenvalue weighted by Crippen LogP contribution is 2.20. The topological polar surface area (TPSA) is 52.7 Å². The summed E-state index contributed by atoms with van der Waals surface area (Å²) in [6, 6.07) is 7.04. The van der Waals surface area contributed by atoms with E-state index in [1.54, 1.807) is 41.1 Å². The lowest BCUT2D eigenvalue weighted by Crippen LogP contribution is -2.41. The van der Waals surface area contributed by atoms with Crippen LogP contribution in [0.15, 0.2) is 36.4 Å². The summed E-state index contributed by atoms with van der Waals surface area (Å²) < 4.78 is 0. The number of carbonyl (C=O) groups is 2. The summed E-state index contributed by atoms with van der Waals surface area (Å²) in [5.74, 6) is -0.236. The molecule has 1 aromatic rings. The van der Waals surface area contributed by atoms with Crippen molar-refractivity contribution in [3.05, 3.63) is 41.4 Å². The molecule has 0 aromatic heterocycles. The van der Waals surface area contributed by atoms with Crippen LogP contribution in [0.2, 0.25) is 5.02 Å². The normalized spacial score (nSPS) is 10.5. The molecule has 1 N–H and O–H groups in total. The van der Waals surface area contributed by atoms with E-state index in [-0.39, 0.29) is 24.9 Å². The molecule has 23 heavy (non-hydrogen) atoms. The summed E-state index contributed by atoms with van der Waals surface area (Å²) in [5, 5.41) is 3.22. The molecule has 0 saturated heterocycles. The summed E-state index contributed by atoms with van der Waals surface area (Å²) >= 11 is 6.00. The van der Waals surface area contributed by atoms with Gasteiger partial charge in [0.05, 0.1) is 23.8 Å². The van der Waals surface area contributed by atoms with Crippen LogP contribution in [0, 0.1) is 0 Å². The molecule has 0 bridgehead atoms. The molecule has 6 heteroatoms. The highest BCUT2D eigenvalue weighted by atomic mass is 35.5. The van der Waals surface area contributed by atoms with E-state index in [0.29, 0.717) is 23.8 Å². The number of carbonyl (C=O) groups excluding carboxylic acids is 2. The van der Waals surface area contributed by atoms with Crippen molar-refractivity contribution in [1.82, 2.24) is 9.80 Å². The molecule has 0 aliphatic rings. The van der Waals surface area contributed by atoms with Crippen LogP contribution in [0.4, 0.5) is 5.69 Å². The Kier molecular flexibility index (Phi) is 7.78. The maximum Gasteiger partial charge on any atom is 0.238 e. The van der Waals surface area contributed by atoms with Crippen LogP contribution < -0.4 is 5.32 Å². The first-order valence-electron chi connectivity index (χ1n) is 7.48. The zero-order valence-electron chi connectivity index (χ0n) is 13.9. The second-order valence-corrected chi connectivity index (χ2v) is 5.97. The van der Waals surface area contributed by atoms with Crippen molar-refractivity contribution in [1.29, 1.82) is 0 Å². The zero-order valence-corrected chi connectivity index (χ0v) is 14.7. The minimum Gasteiger partial charge on any atom is -0.338 e. The number of nitrogens with one attached hydrogen (secondary N) is 1. The minimum absolute atomic E-state index is 0.0245. The van der Waals surface area contributed by atoms with Gasteiger partial charge < -0.3 is 10.2 Å². The Morgan fingerprint density at radius 1 is 1.22 bits per heavy atom. The van der Waals surface area contributed by atoms with Crippen LogP contribution in [0.5, 0.6) is 0 Å². The lowest BCUT2D eigenvalue weighted by Gasteiger charge is -2.24. The van der Waals surface area contributed by atoms with Gasteiger partial charge in [0.1, 0.15) is 0 Å². The Hall–Kier alpha value is -1.85. The van der Waals surface area contributed by atoms with Crippen LogP contribution in [0.1, 0.15) is 13.8 Å². The fraction of sp³-hybridized carbons (Fsp3) is 0.412. The van der Waals surface area contributed by atoms with Crippen molar-refractivity contribution in [2.45, 2.75) is 13.8 Å². The van der Waals surface area contributed by atoms with Gasteiger partial charge in [0.25, 0.3) is 0 Å². The Bertz CT molecular complexity index is 575. The van der Waals surface area contributed by atoms with Crippen LogP contribution in [-0.2, 0) is 9.59 Å². The number of anilines is 1. The number of likely N-dealkylation sites (N-methyl/N-ethyl adjacent to an activating group) is 2. The molecule has 1 aromatic carbocycles. The van der Waals surface area contributed by atoms with Gasteiger partial charge in [0, 0.05) is 13.1 Å². The Labute approximate surface area is 142 Å². The molecule has 1 rings (SSSR count). The molecule has 0 atom stereocenters. The molecule has 0 unspecified atom stereocenters. The van der Waals surface area contributed by atoms with Crippen molar-refractivity contribution >= 4 is 29.1 Å². The molecule has 0 saturated carbocycles. The van der Waals surface area contributed by atoms with E-state index in [2.05, 4.69) is 11.9 Å². The van der Waals surface area contributed by atoms with Gasteiger partial charge in [-0.2, -0.15) is 0 Å². The zero-order chi connectivity index (χ0) is 17.4. The molecule has 5 nitrogen and oxygen atoms in total. The summed E-state index contributed by atoms with van der Waals surface area (Å²) in [5.41, 5.74) is 1.50. The number of hydrogen-bond acceptors (Lipinski definition) is 3. The number of benzene rings is 1. The predicted molar refractivity (Wildman–Crippen MR) is 94.6 cm³/mol. The highest BCUT2D eigenvalue weighted by molar-refractivity contribution is 6.33. The molecule has 0 spiro atoms. The number of nitrogens with zero attached hydrogens (tertiary/aromatic N) is 2. The molecular weight excluding hydrogens is 314 g/mol. The summed E-state index contributed by atoms with van der Waals surface area (Å²) in [6.07, 6.45) is 0. The van der Waals surface area contributed by atoms with Crippen molar-refractivity contribution < 1.29 is 9.59 Å². The quantitative estimate of drug-likeness (QED) is 0.742. The lowest BCUT2D eigenvalue weighted by atomic mass is 10.3. The third kappa shape index (κ3) is 6.84. The number of halogens is 1. The van der Waals surface area contributed by atoms with E-state index in [1.807, 2.05) is 13.8 Å². The van der Waals surface area contributed by atoms with Gasteiger partial charge >= 0.3 is 0 Å². The lowest BCUT2D eigenvalue weighted by molar-refractivity contribution is -0.131. The molecule has 126 valence electrons. The number of rotatable bonds is 8.